The standard InChI is InChI=1S/C28H25N3O3/c1-18-14-15-22-21(16-18)23(27(33)31(22)17-19-10-6-4-7-11-19)24-25(28(34)30(3)26(24)32)29(2)20-12-8-5-9-13-20/h4-16,23H,17H2,1-3H3. The van der Waals surface area contributed by atoms with Gasteiger partial charge in [-0.1, -0.05) is 66.2 Å². The largest absolute Gasteiger partial charge is 0.340 e. The fraction of sp³-hybridized carbons (Fsp3) is 0.179. The summed E-state index contributed by atoms with van der Waals surface area (Å²) in [6.45, 7) is 2.35. The molecule has 6 heteroatoms. The molecule has 0 bridgehead atoms. The fourth-order valence-corrected chi connectivity index (χ4v) is 4.78. The highest BCUT2D eigenvalue weighted by Crippen LogP contribution is 2.46. The molecule has 0 saturated carbocycles. The molecule has 2 aliphatic rings. The Balaban J connectivity index is 1.67. The molecule has 6 nitrogen and oxygen atoms in total. The van der Waals surface area contributed by atoms with Gasteiger partial charge in [-0.05, 0) is 36.2 Å². The third-order valence-electron chi connectivity index (χ3n) is 6.55. The number of para-hydroxylation sites is 1. The first-order chi connectivity index (χ1) is 16.4. The van der Waals surface area contributed by atoms with Crippen LogP contribution in [0.5, 0.6) is 0 Å². The summed E-state index contributed by atoms with van der Waals surface area (Å²) in [5, 5.41) is 0. The molecule has 1 atom stereocenters. The van der Waals surface area contributed by atoms with Gasteiger partial charge in [-0.2, -0.15) is 0 Å². The van der Waals surface area contributed by atoms with Gasteiger partial charge in [-0.15, -0.1) is 0 Å². The summed E-state index contributed by atoms with van der Waals surface area (Å²) in [5.74, 6) is -1.89. The summed E-state index contributed by atoms with van der Waals surface area (Å²) in [6.07, 6.45) is 0. The monoisotopic (exact) mass is 451 g/mol. The summed E-state index contributed by atoms with van der Waals surface area (Å²) in [5.41, 5.74) is 4.74. The van der Waals surface area contributed by atoms with E-state index in [4.69, 9.17) is 0 Å². The van der Waals surface area contributed by atoms with E-state index in [1.54, 1.807) is 16.8 Å². The lowest BCUT2D eigenvalue weighted by Crippen LogP contribution is -2.32. The van der Waals surface area contributed by atoms with Gasteiger partial charge >= 0.3 is 0 Å². The highest BCUT2D eigenvalue weighted by atomic mass is 16.2. The summed E-state index contributed by atoms with van der Waals surface area (Å²) >= 11 is 0. The number of amides is 3. The summed E-state index contributed by atoms with van der Waals surface area (Å²) in [7, 11) is 3.22. The minimum Gasteiger partial charge on any atom is -0.340 e. The number of carbonyl (C=O) groups excluding carboxylic acids is 3. The lowest BCUT2D eigenvalue weighted by atomic mass is 9.90. The zero-order valence-electron chi connectivity index (χ0n) is 19.4. The van der Waals surface area contributed by atoms with E-state index < -0.39 is 17.7 Å². The molecular weight excluding hydrogens is 426 g/mol. The van der Waals surface area contributed by atoms with Crippen LogP contribution in [-0.4, -0.2) is 36.7 Å². The Morgan fingerprint density at radius 1 is 0.853 bits per heavy atom. The van der Waals surface area contributed by atoms with Gasteiger partial charge in [0.1, 0.15) is 5.70 Å². The van der Waals surface area contributed by atoms with Crippen LogP contribution < -0.4 is 9.80 Å². The maximum atomic E-state index is 13.9. The number of likely N-dealkylation sites (N-methyl/N-ethyl adjacent to an activating group) is 2. The minimum absolute atomic E-state index is 0.199. The number of carbonyl (C=O) groups is 3. The Bertz CT molecular complexity index is 1330. The van der Waals surface area contributed by atoms with Crippen LogP contribution in [0.2, 0.25) is 0 Å². The maximum Gasteiger partial charge on any atom is 0.277 e. The molecule has 0 N–H and O–H groups in total. The predicted molar refractivity (Wildman–Crippen MR) is 131 cm³/mol. The molecule has 0 saturated heterocycles. The second-order valence-electron chi connectivity index (χ2n) is 8.73. The van der Waals surface area contributed by atoms with E-state index in [1.807, 2.05) is 85.8 Å². The molecular formula is C28H25N3O3. The first-order valence-corrected chi connectivity index (χ1v) is 11.2. The Hall–Kier alpha value is -4.19. The van der Waals surface area contributed by atoms with Crippen molar-refractivity contribution >= 4 is 29.1 Å². The average molecular weight is 452 g/mol. The van der Waals surface area contributed by atoms with Gasteiger partial charge in [-0.3, -0.25) is 19.3 Å². The van der Waals surface area contributed by atoms with Crippen molar-refractivity contribution in [3.8, 4) is 0 Å². The number of hydrogen-bond donors (Lipinski definition) is 0. The average Bonchev–Trinajstić information content (AvgIpc) is 3.24. The fourth-order valence-electron chi connectivity index (χ4n) is 4.78. The van der Waals surface area contributed by atoms with E-state index in [1.165, 1.54) is 7.05 Å². The molecule has 0 aliphatic carbocycles. The minimum atomic E-state index is -0.846. The molecule has 2 heterocycles. The first-order valence-electron chi connectivity index (χ1n) is 11.2. The molecule has 0 spiro atoms. The molecule has 3 aromatic rings. The molecule has 2 aliphatic heterocycles. The summed E-state index contributed by atoms with van der Waals surface area (Å²) in [6, 6.07) is 25.0. The van der Waals surface area contributed by atoms with Gasteiger partial charge in [-0.25, -0.2) is 0 Å². The van der Waals surface area contributed by atoms with Gasteiger partial charge < -0.3 is 9.80 Å². The number of fused-ring (bicyclic) bond motifs is 1. The van der Waals surface area contributed by atoms with Crippen molar-refractivity contribution in [2.75, 3.05) is 23.9 Å². The summed E-state index contributed by atoms with van der Waals surface area (Å²) in [4.78, 5) is 45.1. The third kappa shape index (κ3) is 3.39. The van der Waals surface area contributed by atoms with E-state index in [2.05, 4.69) is 0 Å². The van der Waals surface area contributed by atoms with E-state index in [0.717, 1.165) is 33.0 Å². The van der Waals surface area contributed by atoms with Crippen molar-refractivity contribution < 1.29 is 14.4 Å². The number of rotatable bonds is 5. The van der Waals surface area contributed by atoms with Crippen molar-refractivity contribution in [3.05, 3.63) is 107 Å². The lowest BCUT2D eigenvalue weighted by molar-refractivity contribution is -0.136. The van der Waals surface area contributed by atoms with E-state index in [-0.39, 0.29) is 17.2 Å². The number of anilines is 2. The smallest absolute Gasteiger partial charge is 0.277 e. The number of benzene rings is 3. The Labute approximate surface area is 198 Å². The van der Waals surface area contributed by atoms with E-state index in [0.29, 0.717) is 6.54 Å². The molecule has 5 rings (SSSR count). The van der Waals surface area contributed by atoms with Crippen molar-refractivity contribution in [3.63, 3.8) is 0 Å². The normalized spacial score (nSPS) is 17.6. The number of nitrogens with zero attached hydrogens (tertiary/aromatic N) is 3. The van der Waals surface area contributed by atoms with Crippen LogP contribution in [0.3, 0.4) is 0 Å². The number of aryl methyl sites for hydroxylation is 1. The predicted octanol–water partition coefficient (Wildman–Crippen LogP) is 4.01. The molecule has 1 unspecified atom stereocenters. The van der Waals surface area contributed by atoms with E-state index in [9.17, 15) is 14.4 Å². The van der Waals surface area contributed by atoms with Gasteiger partial charge in [0.05, 0.1) is 18.0 Å². The molecule has 3 amide bonds. The van der Waals surface area contributed by atoms with Crippen molar-refractivity contribution in [2.45, 2.75) is 19.4 Å². The zero-order chi connectivity index (χ0) is 24.0. The maximum absolute atomic E-state index is 13.9. The second kappa shape index (κ2) is 8.30. The molecule has 170 valence electrons. The van der Waals surface area contributed by atoms with E-state index >= 15 is 0 Å². The van der Waals surface area contributed by atoms with Crippen LogP contribution in [0.1, 0.15) is 22.6 Å². The molecule has 0 fully saturated rings. The molecule has 34 heavy (non-hydrogen) atoms. The SMILES string of the molecule is Cc1ccc2c(c1)C(C1=C(N(C)c3ccccc3)C(=O)N(C)C1=O)C(=O)N2Cc1ccccc1. The Morgan fingerprint density at radius 2 is 1.50 bits per heavy atom. The molecule has 0 aromatic heterocycles. The van der Waals surface area contributed by atoms with Gasteiger partial charge in [0, 0.05) is 25.5 Å². The van der Waals surface area contributed by atoms with Gasteiger partial charge in [0.25, 0.3) is 11.8 Å². The van der Waals surface area contributed by atoms with Crippen LogP contribution in [0.25, 0.3) is 0 Å². The van der Waals surface area contributed by atoms with Crippen LogP contribution in [0, 0.1) is 6.92 Å². The first kappa shape index (κ1) is 21.6. The number of imide groups is 1. The summed E-state index contributed by atoms with van der Waals surface area (Å²) < 4.78 is 0. The van der Waals surface area contributed by atoms with Crippen LogP contribution in [0.4, 0.5) is 11.4 Å². The highest BCUT2D eigenvalue weighted by Gasteiger charge is 2.49. The van der Waals surface area contributed by atoms with Crippen LogP contribution in [0.15, 0.2) is 90.1 Å². The quantitative estimate of drug-likeness (QED) is 0.550. The highest BCUT2D eigenvalue weighted by molar-refractivity contribution is 6.25. The van der Waals surface area contributed by atoms with Crippen molar-refractivity contribution in [2.24, 2.45) is 0 Å². The molecule has 0 radical (unpaired) electrons. The van der Waals surface area contributed by atoms with Crippen molar-refractivity contribution in [1.82, 2.24) is 4.90 Å². The van der Waals surface area contributed by atoms with Gasteiger partial charge in [0.15, 0.2) is 0 Å². The second-order valence-corrected chi connectivity index (χ2v) is 8.73. The van der Waals surface area contributed by atoms with Crippen LogP contribution in [-0.2, 0) is 20.9 Å². The third-order valence-corrected chi connectivity index (χ3v) is 6.55. The molecule has 3 aromatic carbocycles. The Kier molecular flexibility index (Phi) is 5.28. The topological polar surface area (TPSA) is 60.9 Å². The number of hydrogen-bond acceptors (Lipinski definition) is 4. The van der Waals surface area contributed by atoms with Gasteiger partial charge in [0.2, 0.25) is 5.91 Å². The Morgan fingerprint density at radius 3 is 2.18 bits per heavy atom. The zero-order valence-corrected chi connectivity index (χ0v) is 19.4. The van der Waals surface area contributed by atoms with Crippen molar-refractivity contribution in [1.29, 1.82) is 0 Å². The van der Waals surface area contributed by atoms with Crippen LogP contribution >= 0.6 is 0 Å². The lowest BCUT2D eigenvalue weighted by Gasteiger charge is -2.22.